The maximum absolute atomic E-state index is 5.51. The molecule has 1 atom stereocenters. The molecular weight excluding hydrogens is 278 g/mol. The quantitative estimate of drug-likeness (QED) is 0.833. The summed E-state index contributed by atoms with van der Waals surface area (Å²) in [6, 6.07) is 11.4. The van der Waals surface area contributed by atoms with Crippen molar-refractivity contribution in [3.05, 3.63) is 51.7 Å². The second-order valence-electron chi connectivity index (χ2n) is 5.64. The van der Waals surface area contributed by atoms with Crippen LogP contribution in [0.1, 0.15) is 54.1 Å². The number of methoxy groups -OCH3 is 1. The molecule has 1 aliphatic carbocycles. The van der Waals surface area contributed by atoms with Gasteiger partial charge in [0.05, 0.1) is 18.0 Å². The molecule has 0 bridgehead atoms. The molecule has 1 N–H and O–H groups in total. The monoisotopic (exact) mass is 301 g/mol. The minimum atomic E-state index is 0.227. The van der Waals surface area contributed by atoms with E-state index in [1.54, 1.807) is 18.4 Å². The minimum absolute atomic E-state index is 0.227. The van der Waals surface area contributed by atoms with E-state index in [2.05, 4.69) is 48.0 Å². The highest BCUT2D eigenvalue weighted by Gasteiger charge is 2.23. The van der Waals surface area contributed by atoms with Gasteiger partial charge in [-0.1, -0.05) is 37.6 Å². The first-order valence-corrected chi connectivity index (χ1v) is 8.66. The van der Waals surface area contributed by atoms with Crippen LogP contribution in [0.2, 0.25) is 0 Å². The average Bonchev–Trinajstić information content (AvgIpc) is 2.91. The molecule has 0 amide bonds. The van der Waals surface area contributed by atoms with Gasteiger partial charge in [-0.25, -0.2) is 0 Å². The number of hydrogen-bond acceptors (Lipinski definition) is 3. The van der Waals surface area contributed by atoms with Gasteiger partial charge in [0.2, 0.25) is 0 Å². The summed E-state index contributed by atoms with van der Waals surface area (Å²) in [7, 11) is 1.75. The van der Waals surface area contributed by atoms with Crippen molar-refractivity contribution >= 4 is 11.3 Å². The molecule has 3 rings (SSSR count). The lowest BCUT2D eigenvalue weighted by molar-refractivity contribution is 0.407. The van der Waals surface area contributed by atoms with Crippen molar-refractivity contribution in [3.8, 4) is 5.75 Å². The van der Waals surface area contributed by atoms with E-state index in [0.717, 1.165) is 18.2 Å². The first-order valence-electron chi connectivity index (χ1n) is 7.78. The van der Waals surface area contributed by atoms with E-state index in [-0.39, 0.29) is 6.04 Å². The second kappa shape index (κ2) is 6.63. The van der Waals surface area contributed by atoms with Crippen molar-refractivity contribution in [2.45, 2.75) is 38.1 Å². The van der Waals surface area contributed by atoms with Crippen LogP contribution >= 0.6 is 11.3 Å². The van der Waals surface area contributed by atoms with Crippen molar-refractivity contribution in [2.75, 3.05) is 13.7 Å². The fraction of sp³-hybridized carbons (Fsp3) is 0.444. The van der Waals surface area contributed by atoms with Crippen LogP contribution < -0.4 is 10.1 Å². The summed E-state index contributed by atoms with van der Waals surface area (Å²) < 4.78 is 5.51. The highest BCUT2D eigenvalue weighted by molar-refractivity contribution is 7.10. The smallest absolute Gasteiger partial charge is 0.134 e. The molecule has 21 heavy (non-hydrogen) atoms. The molecule has 0 spiro atoms. The normalized spacial score (nSPS) is 16.5. The average molecular weight is 301 g/mol. The molecule has 0 saturated heterocycles. The third kappa shape index (κ3) is 2.99. The van der Waals surface area contributed by atoms with Crippen LogP contribution in [-0.4, -0.2) is 13.7 Å². The third-order valence-electron chi connectivity index (χ3n) is 4.37. The van der Waals surface area contributed by atoms with E-state index in [4.69, 9.17) is 4.74 Å². The van der Waals surface area contributed by atoms with Gasteiger partial charge in [-0.05, 0) is 47.9 Å². The Hall–Kier alpha value is -1.32. The maximum Gasteiger partial charge on any atom is 0.134 e. The number of rotatable bonds is 6. The van der Waals surface area contributed by atoms with Gasteiger partial charge in [0.1, 0.15) is 5.75 Å². The van der Waals surface area contributed by atoms with E-state index in [9.17, 15) is 0 Å². The van der Waals surface area contributed by atoms with Crippen LogP contribution in [0.4, 0.5) is 0 Å². The topological polar surface area (TPSA) is 21.3 Å². The second-order valence-corrected chi connectivity index (χ2v) is 6.59. The molecule has 1 aromatic heterocycles. The van der Waals surface area contributed by atoms with Crippen molar-refractivity contribution < 1.29 is 4.74 Å². The molecule has 0 radical (unpaired) electrons. The number of ether oxygens (including phenoxy) is 1. The third-order valence-corrected chi connectivity index (χ3v) is 5.33. The fourth-order valence-corrected chi connectivity index (χ4v) is 3.95. The number of benzene rings is 1. The van der Waals surface area contributed by atoms with Gasteiger partial charge in [0.15, 0.2) is 0 Å². The standard InChI is InChI=1S/C18H23NOS/c1-3-19-17(18-16(20-2)10-11-21-18)15-9-5-8-14(12-15)13-6-4-7-13/h5,8-13,17,19H,3-4,6-7H2,1-2H3. The molecule has 1 aromatic carbocycles. The van der Waals surface area contributed by atoms with E-state index < -0.39 is 0 Å². The van der Waals surface area contributed by atoms with Crippen LogP contribution in [0.3, 0.4) is 0 Å². The lowest BCUT2D eigenvalue weighted by atomic mass is 9.79. The summed E-state index contributed by atoms with van der Waals surface area (Å²) in [6.07, 6.45) is 4.07. The molecule has 1 unspecified atom stereocenters. The lowest BCUT2D eigenvalue weighted by Crippen LogP contribution is -2.22. The van der Waals surface area contributed by atoms with Gasteiger partial charge in [0.25, 0.3) is 0 Å². The first kappa shape index (κ1) is 14.6. The van der Waals surface area contributed by atoms with Crippen molar-refractivity contribution in [3.63, 3.8) is 0 Å². The molecule has 0 aliphatic heterocycles. The van der Waals surface area contributed by atoms with Crippen molar-refractivity contribution in [1.29, 1.82) is 0 Å². The van der Waals surface area contributed by atoms with Gasteiger partial charge >= 0.3 is 0 Å². The van der Waals surface area contributed by atoms with Crippen molar-refractivity contribution in [2.24, 2.45) is 0 Å². The van der Waals surface area contributed by atoms with Crippen LogP contribution in [0, 0.1) is 0 Å². The maximum atomic E-state index is 5.51. The van der Waals surface area contributed by atoms with Gasteiger partial charge in [0, 0.05) is 0 Å². The SMILES string of the molecule is CCNC(c1cccc(C2CCC2)c1)c1sccc1OC. The molecule has 1 heterocycles. The fourth-order valence-electron chi connectivity index (χ4n) is 2.99. The Labute approximate surface area is 131 Å². The van der Waals surface area contributed by atoms with Crippen LogP contribution in [0.15, 0.2) is 35.7 Å². The number of thiophene rings is 1. The Morgan fingerprint density at radius 1 is 1.33 bits per heavy atom. The van der Waals surface area contributed by atoms with E-state index in [1.807, 2.05) is 0 Å². The van der Waals surface area contributed by atoms with Crippen molar-refractivity contribution in [1.82, 2.24) is 5.32 Å². The zero-order valence-corrected chi connectivity index (χ0v) is 13.6. The molecular formula is C18H23NOS. The Morgan fingerprint density at radius 3 is 2.86 bits per heavy atom. The van der Waals surface area contributed by atoms with Crippen LogP contribution in [0.25, 0.3) is 0 Å². The highest BCUT2D eigenvalue weighted by atomic mass is 32.1. The Kier molecular flexibility index (Phi) is 4.61. The van der Waals surface area contributed by atoms with Gasteiger partial charge in [-0.3, -0.25) is 0 Å². The minimum Gasteiger partial charge on any atom is -0.496 e. The molecule has 1 saturated carbocycles. The van der Waals surface area contributed by atoms with Gasteiger partial charge in [-0.2, -0.15) is 0 Å². The molecule has 1 fully saturated rings. The predicted octanol–water partition coefficient (Wildman–Crippen LogP) is 4.72. The molecule has 2 nitrogen and oxygen atoms in total. The molecule has 2 aromatic rings. The van der Waals surface area contributed by atoms with Gasteiger partial charge < -0.3 is 10.1 Å². The van der Waals surface area contributed by atoms with E-state index in [1.165, 1.54) is 35.3 Å². The Bertz CT molecular complexity index is 588. The molecule has 112 valence electrons. The first-order chi connectivity index (χ1) is 10.3. The number of nitrogens with one attached hydrogen (secondary N) is 1. The molecule has 1 aliphatic rings. The van der Waals surface area contributed by atoms with Crippen LogP contribution in [0.5, 0.6) is 5.75 Å². The largest absolute Gasteiger partial charge is 0.496 e. The van der Waals surface area contributed by atoms with E-state index >= 15 is 0 Å². The Balaban J connectivity index is 1.93. The summed E-state index contributed by atoms with van der Waals surface area (Å²) in [5, 5.41) is 5.71. The van der Waals surface area contributed by atoms with Crippen LogP contribution in [-0.2, 0) is 0 Å². The Morgan fingerprint density at radius 2 is 2.19 bits per heavy atom. The van der Waals surface area contributed by atoms with Gasteiger partial charge in [-0.15, -0.1) is 11.3 Å². The summed E-state index contributed by atoms with van der Waals surface area (Å²) in [5.41, 5.74) is 2.85. The zero-order valence-electron chi connectivity index (χ0n) is 12.8. The summed E-state index contributed by atoms with van der Waals surface area (Å²) in [5.74, 6) is 1.76. The van der Waals surface area contributed by atoms with E-state index in [0.29, 0.717) is 0 Å². The summed E-state index contributed by atoms with van der Waals surface area (Å²) >= 11 is 1.76. The number of hydrogen-bond donors (Lipinski definition) is 1. The zero-order chi connectivity index (χ0) is 14.7. The summed E-state index contributed by atoms with van der Waals surface area (Å²) in [4.78, 5) is 1.27. The predicted molar refractivity (Wildman–Crippen MR) is 89.4 cm³/mol. The molecule has 3 heteroatoms. The highest BCUT2D eigenvalue weighted by Crippen LogP contribution is 2.39. The summed E-state index contributed by atoms with van der Waals surface area (Å²) in [6.45, 7) is 3.10. The lowest BCUT2D eigenvalue weighted by Gasteiger charge is -2.27.